The van der Waals surface area contributed by atoms with Gasteiger partial charge in [0.2, 0.25) is 0 Å². The van der Waals surface area contributed by atoms with E-state index < -0.39 is 18.0 Å². The van der Waals surface area contributed by atoms with Crippen LogP contribution in [0.1, 0.15) is 43.7 Å². The monoisotopic (exact) mass is 521 g/mol. The van der Waals surface area contributed by atoms with Crippen molar-refractivity contribution in [2.45, 2.75) is 45.1 Å². The molecule has 2 N–H and O–H groups in total. The van der Waals surface area contributed by atoms with Crippen molar-refractivity contribution in [3.8, 4) is 28.1 Å². The topological polar surface area (TPSA) is 83.8 Å². The summed E-state index contributed by atoms with van der Waals surface area (Å²) in [6.07, 6.45) is -5.43. The number of hydrogen-bond donors (Lipinski definition) is 2. The van der Waals surface area contributed by atoms with Crippen LogP contribution in [0.15, 0.2) is 47.2 Å². The molecule has 4 rings (SSSR count). The zero-order valence-electron chi connectivity index (χ0n) is 19.9. The van der Waals surface area contributed by atoms with Crippen molar-refractivity contribution in [2.75, 3.05) is 13.1 Å². The van der Waals surface area contributed by atoms with Gasteiger partial charge in [0.05, 0.1) is 11.7 Å². The molecule has 1 aliphatic rings. The summed E-state index contributed by atoms with van der Waals surface area (Å²) in [5, 5.41) is 16.3. The number of ether oxygens (including phenoxy) is 1. The molecule has 1 atom stereocenters. The largest absolute Gasteiger partial charge is 0.573 e. The average molecular weight is 522 g/mol. The molecule has 0 saturated heterocycles. The van der Waals surface area contributed by atoms with Gasteiger partial charge in [0, 0.05) is 35.1 Å². The number of aromatic nitrogens is 1. The maximum Gasteiger partial charge on any atom is 0.573 e. The molecule has 1 aliphatic heterocycles. The molecule has 0 spiro atoms. The van der Waals surface area contributed by atoms with Gasteiger partial charge in [-0.25, -0.2) is 4.79 Å². The van der Waals surface area contributed by atoms with Crippen LogP contribution >= 0.6 is 11.3 Å². The second-order valence-electron chi connectivity index (χ2n) is 9.51. The molecule has 192 valence electrons. The third-order valence-corrected chi connectivity index (χ3v) is 6.72. The van der Waals surface area contributed by atoms with Crippen molar-refractivity contribution in [1.29, 1.82) is 0 Å². The van der Waals surface area contributed by atoms with Crippen molar-refractivity contribution < 1.29 is 32.6 Å². The molecule has 11 heteroatoms. The lowest BCUT2D eigenvalue weighted by Crippen LogP contribution is -2.47. The number of fused-ring (bicyclic) bond motifs is 1. The summed E-state index contributed by atoms with van der Waals surface area (Å²) in [7, 11) is 0. The van der Waals surface area contributed by atoms with E-state index in [-0.39, 0.29) is 24.2 Å². The van der Waals surface area contributed by atoms with Crippen LogP contribution in [0, 0.1) is 0 Å². The summed E-state index contributed by atoms with van der Waals surface area (Å²) >= 11 is 1.46. The molecule has 36 heavy (non-hydrogen) atoms. The molecule has 3 heterocycles. The fraction of sp³-hybridized carbons (Fsp3) is 0.360. The lowest BCUT2D eigenvalue weighted by Gasteiger charge is -2.36. The summed E-state index contributed by atoms with van der Waals surface area (Å²) in [5.41, 5.74) is 2.31. The minimum atomic E-state index is -4.83. The van der Waals surface area contributed by atoms with E-state index in [0.717, 1.165) is 5.56 Å². The Morgan fingerprint density at radius 3 is 2.58 bits per heavy atom. The van der Waals surface area contributed by atoms with E-state index in [4.69, 9.17) is 0 Å². The first-order valence-corrected chi connectivity index (χ1v) is 12.2. The van der Waals surface area contributed by atoms with E-state index >= 15 is 0 Å². The van der Waals surface area contributed by atoms with Gasteiger partial charge in [-0.2, -0.15) is 11.3 Å². The second kappa shape index (κ2) is 9.53. The van der Waals surface area contributed by atoms with Crippen molar-refractivity contribution in [3.05, 3.63) is 52.9 Å². The number of benzene rings is 1. The Morgan fingerprint density at radius 1 is 1.22 bits per heavy atom. The maximum absolute atomic E-state index is 12.9. The highest BCUT2D eigenvalue weighted by molar-refractivity contribution is 7.08. The first kappa shape index (κ1) is 25.6. The van der Waals surface area contributed by atoms with Gasteiger partial charge in [0.25, 0.3) is 5.91 Å². The molecular formula is C25H26F3N3O4S. The minimum Gasteiger partial charge on any atom is -0.465 e. The van der Waals surface area contributed by atoms with Gasteiger partial charge in [-0.15, -0.1) is 13.2 Å². The molecule has 0 fully saturated rings. The lowest BCUT2D eigenvalue weighted by molar-refractivity contribution is -0.274. The number of hydrogen-bond acceptors (Lipinski definition) is 4. The molecule has 2 amide bonds. The Bertz CT molecular complexity index is 1260. The zero-order chi connectivity index (χ0) is 26.3. The highest BCUT2D eigenvalue weighted by Crippen LogP contribution is 2.41. The molecule has 2 aromatic heterocycles. The van der Waals surface area contributed by atoms with Gasteiger partial charge in [-0.05, 0) is 62.4 Å². The van der Waals surface area contributed by atoms with Crippen LogP contribution in [0.4, 0.5) is 18.0 Å². The molecule has 0 unspecified atom stereocenters. The number of thiophene rings is 1. The van der Waals surface area contributed by atoms with Gasteiger partial charge < -0.3 is 24.6 Å². The smallest absolute Gasteiger partial charge is 0.465 e. The van der Waals surface area contributed by atoms with Crippen molar-refractivity contribution >= 4 is 23.3 Å². The molecule has 0 bridgehead atoms. The number of rotatable bonds is 6. The molecule has 0 saturated carbocycles. The summed E-state index contributed by atoms with van der Waals surface area (Å²) in [5.74, 6) is -0.661. The van der Waals surface area contributed by atoms with Gasteiger partial charge >= 0.3 is 12.5 Å². The third-order valence-electron chi connectivity index (χ3n) is 6.03. The maximum atomic E-state index is 12.9. The van der Waals surface area contributed by atoms with Crippen LogP contribution in [-0.2, 0) is 0 Å². The fourth-order valence-corrected chi connectivity index (χ4v) is 5.11. The first-order chi connectivity index (χ1) is 16.8. The number of carbonyl (C=O) groups is 2. The van der Waals surface area contributed by atoms with Gasteiger partial charge in [0.15, 0.2) is 0 Å². The van der Waals surface area contributed by atoms with Crippen molar-refractivity contribution in [3.63, 3.8) is 0 Å². The van der Waals surface area contributed by atoms with E-state index in [2.05, 4.69) is 10.1 Å². The van der Waals surface area contributed by atoms with E-state index in [9.17, 15) is 27.9 Å². The predicted octanol–water partition coefficient (Wildman–Crippen LogP) is 6.24. The van der Waals surface area contributed by atoms with E-state index in [1.807, 2.05) is 42.2 Å². The fourth-order valence-electron chi connectivity index (χ4n) is 4.47. The predicted molar refractivity (Wildman–Crippen MR) is 130 cm³/mol. The highest BCUT2D eigenvalue weighted by atomic mass is 32.1. The van der Waals surface area contributed by atoms with Gasteiger partial charge in [0.1, 0.15) is 11.4 Å². The zero-order valence-corrected chi connectivity index (χ0v) is 20.7. The van der Waals surface area contributed by atoms with Crippen molar-refractivity contribution in [1.82, 2.24) is 14.8 Å². The lowest BCUT2D eigenvalue weighted by atomic mass is 10.0. The molecule has 0 aliphatic carbocycles. The average Bonchev–Trinajstić information content (AvgIpc) is 3.41. The Kier molecular flexibility index (Phi) is 6.78. The number of carbonyl (C=O) groups excluding carboxylic acids is 1. The molecular weight excluding hydrogens is 495 g/mol. The summed E-state index contributed by atoms with van der Waals surface area (Å²) in [4.78, 5) is 26.1. The summed E-state index contributed by atoms with van der Waals surface area (Å²) < 4.78 is 44.5. The normalized spacial score (nSPS) is 15.8. The SMILES string of the molecule is CC(C)(C)N(CC[C@H]1CNC(=O)c2cc(-c3cccc(OC(F)(F)F)c3)c(-c3ccsc3)n21)C(=O)O. The summed E-state index contributed by atoms with van der Waals surface area (Å²) in [6.45, 7) is 5.98. The molecule has 1 aromatic carbocycles. The highest BCUT2D eigenvalue weighted by Gasteiger charge is 2.34. The Morgan fingerprint density at radius 2 is 1.97 bits per heavy atom. The number of halogens is 3. The number of alkyl halides is 3. The Labute approximate surface area is 210 Å². The van der Waals surface area contributed by atoms with Gasteiger partial charge in [-0.3, -0.25) is 4.79 Å². The standard InChI is InChI=1S/C25H26F3N3O4S/c1-24(2,3)30(23(33)34)9-7-17-13-29-22(32)20-12-19(21(31(17)20)16-8-10-36-14-16)15-5-4-6-18(11-15)35-25(26,27)28/h4-6,8,10-12,14,17H,7,9,13H2,1-3H3,(H,29,32)(H,33,34)/t17-/m0/s1. The van der Waals surface area contributed by atoms with Crippen LogP contribution < -0.4 is 10.1 Å². The van der Waals surface area contributed by atoms with Crippen LogP contribution in [0.2, 0.25) is 0 Å². The second-order valence-corrected chi connectivity index (χ2v) is 10.3. The number of nitrogens with one attached hydrogen (secondary N) is 1. The van der Waals surface area contributed by atoms with E-state index in [1.54, 1.807) is 12.1 Å². The number of nitrogens with zero attached hydrogens (tertiary/aromatic N) is 2. The summed E-state index contributed by atoms with van der Waals surface area (Å²) in [6, 6.07) is 8.94. The van der Waals surface area contributed by atoms with Gasteiger partial charge in [-0.1, -0.05) is 12.1 Å². The van der Waals surface area contributed by atoms with Crippen LogP contribution in [0.3, 0.4) is 0 Å². The van der Waals surface area contributed by atoms with Crippen LogP contribution in [-0.4, -0.2) is 51.6 Å². The number of amides is 2. The van der Waals surface area contributed by atoms with Crippen LogP contribution in [0.25, 0.3) is 22.4 Å². The first-order valence-electron chi connectivity index (χ1n) is 11.3. The minimum absolute atomic E-state index is 0.240. The molecule has 7 nitrogen and oxygen atoms in total. The molecule has 0 radical (unpaired) electrons. The van der Waals surface area contributed by atoms with Crippen molar-refractivity contribution in [2.24, 2.45) is 0 Å². The van der Waals surface area contributed by atoms with Crippen LogP contribution in [0.5, 0.6) is 5.75 Å². The Balaban J connectivity index is 1.80. The quantitative estimate of drug-likeness (QED) is 0.403. The third kappa shape index (κ3) is 5.35. The van der Waals surface area contributed by atoms with E-state index in [0.29, 0.717) is 35.5 Å². The number of carboxylic acid groups (broad SMARTS) is 1. The molecule has 3 aromatic rings. The Hall–Kier alpha value is -3.47. The van der Waals surface area contributed by atoms with E-state index in [1.165, 1.54) is 34.4 Å².